The van der Waals surface area contributed by atoms with Gasteiger partial charge in [0.25, 0.3) is 0 Å². The Kier molecular flexibility index (Phi) is 4.83. The van der Waals surface area contributed by atoms with Gasteiger partial charge in [-0.1, -0.05) is 25.9 Å². The Bertz CT molecular complexity index is 547. The molecule has 122 valence electrons. The maximum Gasteiger partial charge on any atom is 0.326 e. The van der Waals surface area contributed by atoms with E-state index in [1.165, 1.54) is 4.90 Å². The molecule has 1 aromatic heterocycles. The van der Waals surface area contributed by atoms with Gasteiger partial charge in [0.15, 0.2) is 5.82 Å². The van der Waals surface area contributed by atoms with E-state index in [-0.39, 0.29) is 11.3 Å². The van der Waals surface area contributed by atoms with Crippen molar-refractivity contribution in [3.63, 3.8) is 0 Å². The molecule has 1 aromatic rings. The van der Waals surface area contributed by atoms with E-state index in [1.807, 2.05) is 20.8 Å². The number of carboxylic acids is 1. The number of aryl methyl sites for hydroxylation is 1. The highest BCUT2D eigenvalue weighted by Crippen LogP contribution is 2.20. The minimum absolute atomic E-state index is 0.111. The minimum atomic E-state index is -0.919. The molecular weight excluding hydrogens is 286 g/mol. The van der Waals surface area contributed by atoms with Crippen molar-refractivity contribution >= 4 is 11.9 Å². The molecule has 2 heterocycles. The van der Waals surface area contributed by atoms with E-state index in [4.69, 9.17) is 9.63 Å². The lowest BCUT2D eigenvalue weighted by Crippen LogP contribution is -2.40. The van der Waals surface area contributed by atoms with E-state index in [2.05, 4.69) is 10.1 Å². The summed E-state index contributed by atoms with van der Waals surface area (Å²) in [5.41, 5.74) is -0.165. The van der Waals surface area contributed by atoms with Crippen LogP contribution in [0.15, 0.2) is 4.52 Å². The van der Waals surface area contributed by atoms with Crippen molar-refractivity contribution in [2.45, 2.75) is 64.3 Å². The number of amides is 1. The molecule has 7 nitrogen and oxygen atoms in total. The smallest absolute Gasteiger partial charge is 0.326 e. The maximum atomic E-state index is 12.1. The number of nitrogens with zero attached hydrogens (tertiary/aromatic N) is 3. The first-order valence-electron chi connectivity index (χ1n) is 7.64. The Balaban J connectivity index is 1.82. The highest BCUT2D eigenvalue weighted by Gasteiger charge is 2.33. The van der Waals surface area contributed by atoms with Gasteiger partial charge in [0, 0.05) is 24.8 Å². The number of aliphatic carboxylic acids is 1. The van der Waals surface area contributed by atoms with E-state index in [1.54, 1.807) is 0 Å². The molecule has 1 amide bonds. The monoisotopic (exact) mass is 309 g/mol. The van der Waals surface area contributed by atoms with Gasteiger partial charge in [0.2, 0.25) is 11.8 Å². The van der Waals surface area contributed by atoms with Crippen LogP contribution in [0.3, 0.4) is 0 Å². The Morgan fingerprint density at radius 2 is 2.14 bits per heavy atom. The zero-order valence-corrected chi connectivity index (χ0v) is 13.3. The van der Waals surface area contributed by atoms with Crippen LogP contribution in [-0.2, 0) is 21.4 Å². The quantitative estimate of drug-likeness (QED) is 0.890. The number of rotatable bonds is 5. The molecule has 0 radical (unpaired) electrons. The van der Waals surface area contributed by atoms with Gasteiger partial charge >= 0.3 is 5.97 Å². The Morgan fingerprint density at radius 3 is 2.73 bits per heavy atom. The number of hydrogen-bond acceptors (Lipinski definition) is 5. The summed E-state index contributed by atoms with van der Waals surface area (Å²) in [6.07, 6.45) is 2.70. The van der Waals surface area contributed by atoms with Crippen molar-refractivity contribution in [3.8, 4) is 0 Å². The lowest BCUT2D eigenvalue weighted by atomic mass is 9.96. The molecular formula is C15H23N3O4. The summed E-state index contributed by atoms with van der Waals surface area (Å²) < 4.78 is 5.18. The zero-order valence-electron chi connectivity index (χ0n) is 13.3. The fourth-order valence-corrected chi connectivity index (χ4v) is 2.52. The molecule has 1 saturated heterocycles. The molecule has 1 N–H and O–H groups in total. The Hall–Kier alpha value is -1.92. The van der Waals surface area contributed by atoms with Gasteiger partial charge in [0.05, 0.1) is 0 Å². The number of hydrogen-bond donors (Lipinski definition) is 1. The Labute approximate surface area is 129 Å². The van der Waals surface area contributed by atoms with Crippen LogP contribution >= 0.6 is 0 Å². The van der Waals surface area contributed by atoms with Crippen molar-refractivity contribution in [2.75, 3.05) is 6.54 Å². The van der Waals surface area contributed by atoms with E-state index < -0.39 is 12.0 Å². The maximum absolute atomic E-state index is 12.1. The van der Waals surface area contributed by atoms with Crippen LogP contribution in [0, 0.1) is 0 Å². The molecule has 22 heavy (non-hydrogen) atoms. The summed E-state index contributed by atoms with van der Waals surface area (Å²) in [5, 5.41) is 13.0. The van der Waals surface area contributed by atoms with Gasteiger partial charge in [-0.3, -0.25) is 4.79 Å². The molecule has 0 bridgehead atoms. The number of likely N-dealkylation sites (tertiary alicyclic amines) is 1. The van der Waals surface area contributed by atoms with Crippen molar-refractivity contribution in [1.82, 2.24) is 15.0 Å². The summed E-state index contributed by atoms with van der Waals surface area (Å²) in [4.78, 5) is 29.0. The average molecular weight is 309 g/mol. The second-order valence-electron chi connectivity index (χ2n) is 6.70. The number of carbonyl (C=O) groups excluding carboxylic acids is 1. The molecule has 0 aliphatic carbocycles. The first-order chi connectivity index (χ1) is 10.3. The Morgan fingerprint density at radius 1 is 1.41 bits per heavy atom. The van der Waals surface area contributed by atoms with Gasteiger partial charge in [-0.25, -0.2) is 4.79 Å². The predicted octanol–water partition coefficient (Wildman–Crippen LogP) is 1.77. The SMILES string of the molecule is CC(C)(C)c1noc(CCCC(=O)N2CCCC2C(=O)O)n1. The van der Waals surface area contributed by atoms with Gasteiger partial charge in [-0.05, 0) is 19.3 Å². The van der Waals surface area contributed by atoms with Crippen molar-refractivity contribution in [2.24, 2.45) is 0 Å². The first-order valence-corrected chi connectivity index (χ1v) is 7.64. The normalized spacial score (nSPS) is 18.7. The van der Waals surface area contributed by atoms with Gasteiger partial charge in [-0.2, -0.15) is 4.98 Å². The summed E-state index contributed by atoms with van der Waals surface area (Å²) in [7, 11) is 0. The van der Waals surface area contributed by atoms with E-state index in [0.717, 1.165) is 6.42 Å². The van der Waals surface area contributed by atoms with Crippen molar-refractivity contribution < 1.29 is 19.2 Å². The van der Waals surface area contributed by atoms with Crippen molar-refractivity contribution in [1.29, 1.82) is 0 Å². The molecule has 2 rings (SSSR count). The van der Waals surface area contributed by atoms with E-state index in [0.29, 0.717) is 43.9 Å². The topological polar surface area (TPSA) is 96.5 Å². The van der Waals surface area contributed by atoms with Crippen LogP contribution in [0.2, 0.25) is 0 Å². The van der Waals surface area contributed by atoms with Gasteiger partial charge in [0.1, 0.15) is 6.04 Å². The van der Waals surface area contributed by atoms with Crippen LogP contribution in [0.5, 0.6) is 0 Å². The predicted molar refractivity (Wildman–Crippen MR) is 78.3 cm³/mol. The van der Waals surface area contributed by atoms with Gasteiger partial charge < -0.3 is 14.5 Å². The highest BCUT2D eigenvalue weighted by molar-refractivity contribution is 5.84. The molecule has 7 heteroatoms. The second-order valence-corrected chi connectivity index (χ2v) is 6.70. The molecule has 1 aliphatic heterocycles. The first kappa shape index (κ1) is 16.5. The zero-order chi connectivity index (χ0) is 16.3. The molecule has 0 aromatic carbocycles. The van der Waals surface area contributed by atoms with Crippen LogP contribution in [0.1, 0.15) is 58.2 Å². The fourth-order valence-electron chi connectivity index (χ4n) is 2.52. The molecule has 0 saturated carbocycles. The minimum Gasteiger partial charge on any atom is -0.480 e. The van der Waals surface area contributed by atoms with Crippen molar-refractivity contribution in [3.05, 3.63) is 11.7 Å². The number of carbonyl (C=O) groups is 2. The molecule has 0 spiro atoms. The number of carboxylic acid groups (broad SMARTS) is 1. The van der Waals surface area contributed by atoms with E-state index >= 15 is 0 Å². The fraction of sp³-hybridized carbons (Fsp3) is 0.733. The summed E-state index contributed by atoms with van der Waals surface area (Å²) in [6, 6.07) is -0.664. The molecule has 1 unspecified atom stereocenters. The summed E-state index contributed by atoms with van der Waals surface area (Å²) in [5.74, 6) is 0.145. The second kappa shape index (κ2) is 6.46. The standard InChI is InChI=1S/C15H23N3O4/c1-15(2,3)14-16-11(22-17-14)7-4-8-12(19)18-9-5-6-10(18)13(20)21/h10H,4-9H2,1-3H3,(H,20,21). The third kappa shape index (κ3) is 3.84. The summed E-state index contributed by atoms with van der Waals surface area (Å²) >= 11 is 0. The highest BCUT2D eigenvalue weighted by atomic mass is 16.5. The molecule has 1 atom stereocenters. The lowest BCUT2D eigenvalue weighted by molar-refractivity contribution is -0.148. The molecule has 1 aliphatic rings. The van der Waals surface area contributed by atoms with E-state index in [9.17, 15) is 9.59 Å². The van der Waals surface area contributed by atoms with Crippen LogP contribution in [0.4, 0.5) is 0 Å². The third-order valence-electron chi connectivity index (χ3n) is 3.78. The molecule has 1 fully saturated rings. The van der Waals surface area contributed by atoms with Crippen LogP contribution in [-0.4, -0.2) is 44.6 Å². The lowest BCUT2D eigenvalue weighted by Gasteiger charge is -2.21. The summed E-state index contributed by atoms with van der Waals surface area (Å²) in [6.45, 7) is 6.55. The number of aromatic nitrogens is 2. The van der Waals surface area contributed by atoms with Gasteiger partial charge in [-0.15, -0.1) is 0 Å². The van der Waals surface area contributed by atoms with Crippen LogP contribution < -0.4 is 0 Å². The average Bonchev–Trinajstić information content (AvgIpc) is 3.06. The van der Waals surface area contributed by atoms with Crippen LogP contribution in [0.25, 0.3) is 0 Å². The largest absolute Gasteiger partial charge is 0.480 e. The third-order valence-corrected chi connectivity index (χ3v) is 3.78.